The molecule has 3 unspecified atom stereocenters. The number of hydrogen-bond acceptors (Lipinski definition) is 2. The van der Waals surface area contributed by atoms with E-state index in [1.165, 1.54) is 31.2 Å². The Morgan fingerprint density at radius 3 is 2.38 bits per heavy atom. The summed E-state index contributed by atoms with van der Waals surface area (Å²) >= 11 is 0. The Balaban J connectivity index is 1.73. The summed E-state index contributed by atoms with van der Waals surface area (Å²) in [5.41, 5.74) is 1.23. The molecule has 0 bridgehead atoms. The molecule has 0 aromatic heterocycles. The van der Waals surface area contributed by atoms with Gasteiger partial charge >= 0.3 is 0 Å². The van der Waals surface area contributed by atoms with Gasteiger partial charge in [-0.3, -0.25) is 4.79 Å². The van der Waals surface area contributed by atoms with Gasteiger partial charge < -0.3 is 15.1 Å². The van der Waals surface area contributed by atoms with Gasteiger partial charge in [-0.1, -0.05) is 43.2 Å². The first-order chi connectivity index (χ1) is 12.5. The number of nitrogens with zero attached hydrogens (tertiary/aromatic N) is 3. The topological polar surface area (TPSA) is 47.9 Å². The van der Waals surface area contributed by atoms with Crippen molar-refractivity contribution in [1.29, 1.82) is 0 Å². The predicted molar refractivity (Wildman–Crippen MR) is 106 cm³/mol. The third kappa shape index (κ3) is 4.57. The minimum absolute atomic E-state index is 0.0354. The molecule has 1 aromatic rings. The number of rotatable bonds is 4. The molecule has 2 fully saturated rings. The lowest BCUT2D eigenvalue weighted by atomic mass is 9.82. The van der Waals surface area contributed by atoms with Crippen LogP contribution in [-0.4, -0.2) is 55.4 Å². The molecule has 1 N–H and O–H groups in total. The molecule has 2 aliphatic rings. The number of guanidine groups is 1. The summed E-state index contributed by atoms with van der Waals surface area (Å²) in [7, 11) is 3.56. The molecule has 142 valence electrons. The van der Waals surface area contributed by atoms with Gasteiger partial charge in [0, 0.05) is 27.2 Å². The van der Waals surface area contributed by atoms with E-state index in [0.29, 0.717) is 0 Å². The van der Waals surface area contributed by atoms with E-state index in [9.17, 15) is 4.79 Å². The lowest BCUT2D eigenvalue weighted by molar-refractivity contribution is -0.127. The molecule has 5 nitrogen and oxygen atoms in total. The van der Waals surface area contributed by atoms with E-state index in [1.54, 1.807) is 19.0 Å². The van der Waals surface area contributed by atoms with Crippen molar-refractivity contribution in [3.05, 3.63) is 35.9 Å². The van der Waals surface area contributed by atoms with Gasteiger partial charge in [-0.15, -0.1) is 0 Å². The van der Waals surface area contributed by atoms with Crippen molar-refractivity contribution in [2.75, 3.05) is 33.7 Å². The zero-order chi connectivity index (χ0) is 18.5. The summed E-state index contributed by atoms with van der Waals surface area (Å²) in [5.74, 6) is 2.49. The molecule has 3 rings (SSSR count). The fourth-order valence-corrected chi connectivity index (χ4v) is 4.12. The van der Waals surface area contributed by atoms with Crippen molar-refractivity contribution < 1.29 is 4.79 Å². The largest absolute Gasteiger partial charge is 0.350 e. The number of carbonyl (C=O) groups excluding carboxylic acids is 1. The van der Waals surface area contributed by atoms with Crippen molar-refractivity contribution in [3.8, 4) is 0 Å². The van der Waals surface area contributed by atoms with Crippen LogP contribution >= 0.6 is 0 Å². The highest BCUT2D eigenvalue weighted by atomic mass is 16.2. The number of aliphatic imine (C=N–C) groups is 1. The highest BCUT2D eigenvalue weighted by Gasteiger charge is 2.36. The Morgan fingerprint density at radius 2 is 1.81 bits per heavy atom. The first-order valence-electron chi connectivity index (χ1n) is 9.85. The summed E-state index contributed by atoms with van der Waals surface area (Å²) < 4.78 is 0. The molecule has 26 heavy (non-hydrogen) atoms. The highest BCUT2D eigenvalue weighted by Crippen LogP contribution is 2.36. The van der Waals surface area contributed by atoms with Crippen molar-refractivity contribution in [3.63, 3.8) is 0 Å². The molecule has 1 saturated heterocycles. The SMILES string of the molecule is CC(NC(=NCC(=O)N(C)C)N1CC2CCCCC2C1)c1ccccc1. The number of likely N-dealkylation sites (N-methyl/N-ethyl adjacent to an activating group) is 1. The lowest BCUT2D eigenvalue weighted by Crippen LogP contribution is -2.42. The molecule has 1 aromatic carbocycles. The second kappa shape index (κ2) is 8.56. The third-order valence-corrected chi connectivity index (χ3v) is 5.78. The molecule has 1 aliphatic carbocycles. The minimum atomic E-state index is 0.0354. The van der Waals surface area contributed by atoms with Gasteiger partial charge in [0.05, 0.1) is 6.04 Å². The zero-order valence-electron chi connectivity index (χ0n) is 16.3. The van der Waals surface area contributed by atoms with Gasteiger partial charge in [-0.2, -0.15) is 0 Å². The van der Waals surface area contributed by atoms with Crippen LogP contribution in [0.15, 0.2) is 35.3 Å². The maximum absolute atomic E-state index is 12.0. The first kappa shape index (κ1) is 18.7. The molecular formula is C21H32N4O. The van der Waals surface area contributed by atoms with E-state index in [0.717, 1.165) is 30.9 Å². The second-order valence-corrected chi connectivity index (χ2v) is 7.91. The predicted octanol–water partition coefficient (Wildman–Crippen LogP) is 2.90. The fraction of sp³-hybridized carbons (Fsp3) is 0.619. The van der Waals surface area contributed by atoms with Gasteiger partial charge in [-0.25, -0.2) is 4.99 Å². The zero-order valence-corrected chi connectivity index (χ0v) is 16.3. The molecule has 0 radical (unpaired) electrons. The van der Waals surface area contributed by atoms with Gasteiger partial charge in [0.1, 0.15) is 6.54 Å². The van der Waals surface area contributed by atoms with E-state index in [2.05, 4.69) is 41.4 Å². The summed E-state index contributed by atoms with van der Waals surface area (Å²) in [4.78, 5) is 20.7. The second-order valence-electron chi connectivity index (χ2n) is 7.91. The molecular weight excluding hydrogens is 324 g/mol. The number of hydrogen-bond donors (Lipinski definition) is 1. The molecule has 0 spiro atoms. The van der Waals surface area contributed by atoms with Crippen LogP contribution in [0.5, 0.6) is 0 Å². The van der Waals surface area contributed by atoms with Crippen LogP contribution in [0.1, 0.15) is 44.2 Å². The van der Waals surface area contributed by atoms with Crippen molar-refractivity contribution in [2.45, 2.75) is 38.6 Å². The fourth-order valence-electron chi connectivity index (χ4n) is 4.12. The van der Waals surface area contributed by atoms with Crippen molar-refractivity contribution in [2.24, 2.45) is 16.8 Å². The number of nitrogens with one attached hydrogen (secondary N) is 1. The quantitative estimate of drug-likeness (QED) is 0.667. The third-order valence-electron chi connectivity index (χ3n) is 5.78. The van der Waals surface area contributed by atoms with Crippen LogP contribution in [-0.2, 0) is 4.79 Å². The standard InChI is InChI=1S/C21H32N4O/c1-16(17-9-5-4-6-10-17)23-21(22-13-20(26)24(2)3)25-14-18-11-7-8-12-19(18)15-25/h4-6,9-10,16,18-19H,7-8,11-15H2,1-3H3,(H,22,23). The number of carbonyl (C=O) groups is 1. The Morgan fingerprint density at radius 1 is 1.19 bits per heavy atom. The normalized spacial score (nSPS) is 24.1. The number of likely N-dealkylation sites (tertiary alicyclic amines) is 1. The van der Waals surface area contributed by atoms with E-state index in [4.69, 9.17) is 4.99 Å². The van der Waals surface area contributed by atoms with Crippen LogP contribution < -0.4 is 5.32 Å². The Bertz CT molecular complexity index is 614. The summed E-state index contributed by atoms with van der Waals surface area (Å²) in [5, 5.41) is 3.58. The maximum atomic E-state index is 12.0. The van der Waals surface area contributed by atoms with Crippen LogP contribution in [0.4, 0.5) is 0 Å². The first-order valence-corrected chi connectivity index (χ1v) is 9.85. The van der Waals surface area contributed by atoms with Crippen LogP contribution in [0.2, 0.25) is 0 Å². The number of amides is 1. The molecule has 1 saturated carbocycles. The van der Waals surface area contributed by atoms with Gasteiger partial charge in [0.2, 0.25) is 5.91 Å². The van der Waals surface area contributed by atoms with Crippen LogP contribution in [0.3, 0.4) is 0 Å². The van der Waals surface area contributed by atoms with Gasteiger partial charge in [0.15, 0.2) is 5.96 Å². The Hall–Kier alpha value is -2.04. The molecule has 5 heteroatoms. The monoisotopic (exact) mass is 356 g/mol. The van der Waals surface area contributed by atoms with Gasteiger partial charge in [-0.05, 0) is 37.2 Å². The molecule has 3 atom stereocenters. The van der Waals surface area contributed by atoms with Gasteiger partial charge in [0.25, 0.3) is 0 Å². The molecule has 1 heterocycles. The summed E-state index contributed by atoms with van der Waals surface area (Å²) in [6.07, 6.45) is 5.38. The number of benzene rings is 1. The Kier molecular flexibility index (Phi) is 6.17. The average molecular weight is 357 g/mol. The minimum Gasteiger partial charge on any atom is -0.350 e. The van der Waals surface area contributed by atoms with E-state index in [1.807, 2.05) is 6.07 Å². The molecule has 1 aliphatic heterocycles. The van der Waals surface area contributed by atoms with Crippen molar-refractivity contribution in [1.82, 2.24) is 15.1 Å². The lowest BCUT2D eigenvalue weighted by Gasteiger charge is -2.26. The smallest absolute Gasteiger partial charge is 0.243 e. The van der Waals surface area contributed by atoms with Crippen molar-refractivity contribution >= 4 is 11.9 Å². The molecule has 1 amide bonds. The summed E-state index contributed by atoms with van der Waals surface area (Å²) in [6, 6.07) is 10.6. The van der Waals surface area contributed by atoms with Crippen LogP contribution in [0.25, 0.3) is 0 Å². The van der Waals surface area contributed by atoms with Crippen LogP contribution in [0, 0.1) is 11.8 Å². The van der Waals surface area contributed by atoms with E-state index < -0.39 is 0 Å². The highest BCUT2D eigenvalue weighted by molar-refractivity contribution is 5.85. The average Bonchev–Trinajstić information content (AvgIpc) is 3.09. The Labute approximate surface area is 157 Å². The number of fused-ring (bicyclic) bond motifs is 1. The van der Waals surface area contributed by atoms with E-state index >= 15 is 0 Å². The summed E-state index contributed by atoms with van der Waals surface area (Å²) in [6.45, 7) is 4.48. The van der Waals surface area contributed by atoms with E-state index in [-0.39, 0.29) is 18.5 Å². The maximum Gasteiger partial charge on any atom is 0.243 e.